The lowest BCUT2D eigenvalue weighted by molar-refractivity contribution is 0.132. The molecule has 0 unspecified atom stereocenters. The minimum atomic E-state index is -0.270. The number of piperazine rings is 1. The molecule has 0 aromatic heterocycles. The van der Waals surface area contributed by atoms with E-state index in [0.29, 0.717) is 12.4 Å². The fourth-order valence-electron chi connectivity index (χ4n) is 2.08. The molecule has 1 aliphatic rings. The van der Waals surface area contributed by atoms with Crippen LogP contribution in [0.2, 0.25) is 0 Å². The number of benzene rings is 1. The van der Waals surface area contributed by atoms with E-state index in [0.717, 1.165) is 38.3 Å². The van der Waals surface area contributed by atoms with Crippen molar-refractivity contribution in [3.8, 4) is 5.75 Å². The van der Waals surface area contributed by atoms with E-state index in [-0.39, 0.29) is 5.82 Å². The van der Waals surface area contributed by atoms with Gasteiger partial charge in [-0.2, -0.15) is 0 Å². The highest BCUT2D eigenvalue weighted by atomic mass is 19.1. The van der Waals surface area contributed by atoms with Crippen LogP contribution in [0.1, 0.15) is 5.56 Å². The predicted octanol–water partition coefficient (Wildman–Crippen LogP) is 1.76. The topological polar surface area (TPSA) is 15.7 Å². The monoisotopic (exact) mass is 252 g/mol. The molecule has 0 N–H and O–H groups in total. The molecule has 0 amide bonds. The third-order valence-corrected chi connectivity index (χ3v) is 3.35. The Labute approximate surface area is 108 Å². The molecular weight excluding hydrogens is 231 g/mol. The van der Waals surface area contributed by atoms with E-state index in [2.05, 4.69) is 16.8 Å². The molecule has 1 saturated heterocycles. The Morgan fingerprint density at radius 3 is 2.61 bits per heavy atom. The number of ether oxygens (including phenoxy) is 1. The summed E-state index contributed by atoms with van der Waals surface area (Å²) < 4.78 is 19.0. The molecule has 0 radical (unpaired) electrons. The lowest BCUT2D eigenvalue weighted by Crippen LogP contribution is -2.45. The summed E-state index contributed by atoms with van der Waals surface area (Å²) >= 11 is 0. The highest BCUT2D eigenvalue weighted by Gasteiger charge is 2.13. The Morgan fingerprint density at radius 1 is 1.22 bits per heavy atom. The maximum atomic E-state index is 13.5. The lowest BCUT2D eigenvalue weighted by atomic mass is 10.2. The molecule has 100 valence electrons. The number of rotatable bonds is 4. The van der Waals surface area contributed by atoms with Crippen LogP contribution in [0.25, 0.3) is 0 Å². The van der Waals surface area contributed by atoms with Gasteiger partial charge in [0.25, 0.3) is 0 Å². The summed E-state index contributed by atoms with van der Waals surface area (Å²) in [5.74, 6) is 0.0862. The van der Waals surface area contributed by atoms with Gasteiger partial charge in [0, 0.05) is 32.7 Å². The Kier molecular flexibility index (Phi) is 4.55. The van der Waals surface area contributed by atoms with E-state index >= 15 is 0 Å². The Bertz CT molecular complexity index is 389. The van der Waals surface area contributed by atoms with Gasteiger partial charge in [0.05, 0.1) is 0 Å². The van der Waals surface area contributed by atoms with Gasteiger partial charge in [0.1, 0.15) is 6.61 Å². The van der Waals surface area contributed by atoms with Gasteiger partial charge >= 0.3 is 0 Å². The number of hydrogen-bond acceptors (Lipinski definition) is 3. The Morgan fingerprint density at radius 2 is 1.94 bits per heavy atom. The molecule has 0 spiro atoms. The fraction of sp³-hybridized carbons (Fsp3) is 0.571. The second kappa shape index (κ2) is 6.16. The molecular formula is C14H21FN2O. The fourth-order valence-corrected chi connectivity index (χ4v) is 2.08. The van der Waals surface area contributed by atoms with Crippen LogP contribution in [-0.2, 0) is 0 Å². The molecule has 0 bridgehead atoms. The molecule has 0 saturated carbocycles. The van der Waals surface area contributed by atoms with Gasteiger partial charge < -0.3 is 9.64 Å². The van der Waals surface area contributed by atoms with Gasteiger partial charge in [-0.05, 0) is 31.7 Å². The van der Waals surface area contributed by atoms with Gasteiger partial charge in [-0.15, -0.1) is 0 Å². The van der Waals surface area contributed by atoms with Crippen LogP contribution in [0.15, 0.2) is 18.2 Å². The predicted molar refractivity (Wildman–Crippen MR) is 70.6 cm³/mol. The molecule has 1 aromatic rings. The summed E-state index contributed by atoms with van der Waals surface area (Å²) in [5.41, 5.74) is 0.916. The van der Waals surface area contributed by atoms with Crippen molar-refractivity contribution in [2.45, 2.75) is 6.92 Å². The van der Waals surface area contributed by atoms with Crippen LogP contribution in [0.3, 0.4) is 0 Å². The largest absolute Gasteiger partial charge is 0.489 e. The Balaban J connectivity index is 1.75. The van der Waals surface area contributed by atoms with Gasteiger partial charge in [-0.1, -0.05) is 6.07 Å². The summed E-state index contributed by atoms with van der Waals surface area (Å²) in [6, 6.07) is 5.08. The van der Waals surface area contributed by atoms with Gasteiger partial charge in [-0.3, -0.25) is 4.90 Å². The zero-order valence-corrected chi connectivity index (χ0v) is 11.2. The standard InChI is InChI=1S/C14H21FN2O/c1-12-3-4-14(13(15)11-12)18-10-9-17-7-5-16(2)6-8-17/h3-4,11H,5-10H2,1-2H3. The van der Waals surface area contributed by atoms with Gasteiger partial charge in [-0.25, -0.2) is 4.39 Å². The molecule has 3 nitrogen and oxygen atoms in total. The summed E-state index contributed by atoms with van der Waals surface area (Å²) in [7, 11) is 2.13. The molecule has 2 rings (SSSR count). The van der Waals surface area contributed by atoms with Crippen molar-refractivity contribution in [2.24, 2.45) is 0 Å². The van der Waals surface area contributed by atoms with Crippen molar-refractivity contribution < 1.29 is 9.13 Å². The first-order chi connectivity index (χ1) is 8.65. The second-order valence-electron chi connectivity index (χ2n) is 4.93. The molecule has 4 heteroatoms. The van der Waals surface area contributed by atoms with Crippen LogP contribution in [0.5, 0.6) is 5.75 Å². The minimum Gasteiger partial charge on any atom is -0.489 e. The average molecular weight is 252 g/mol. The third kappa shape index (κ3) is 3.68. The van der Waals surface area contributed by atoms with Crippen molar-refractivity contribution in [1.82, 2.24) is 9.80 Å². The zero-order valence-electron chi connectivity index (χ0n) is 11.2. The number of likely N-dealkylation sites (N-methyl/N-ethyl adjacent to an activating group) is 1. The second-order valence-corrected chi connectivity index (χ2v) is 4.93. The van der Waals surface area contributed by atoms with Crippen molar-refractivity contribution in [3.63, 3.8) is 0 Å². The van der Waals surface area contributed by atoms with E-state index < -0.39 is 0 Å². The lowest BCUT2D eigenvalue weighted by Gasteiger charge is -2.32. The van der Waals surface area contributed by atoms with E-state index in [4.69, 9.17) is 4.74 Å². The molecule has 18 heavy (non-hydrogen) atoms. The maximum Gasteiger partial charge on any atom is 0.165 e. The van der Waals surface area contributed by atoms with Crippen LogP contribution in [0, 0.1) is 12.7 Å². The van der Waals surface area contributed by atoms with E-state index in [9.17, 15) is 4.39 Å². The zero-order chi connectivity index (χ0) is 13.0. The van der Waals surface area contributed by atoms with E-state index in [1.165, 1.54) is 6.07 Å². The summed E-state index contributed by atoms with van der Waals surface area (Å²) in [6.45, 7) is 7.60. The molecule has 0 atom stereocenters. The van der Waals surface area contributed by atoms with Crippen molar-refractivity contribution in [3.05, 3.63) is 29.6 Å². The summed E-state index contributed by atoms with van der Waals surface area (Å²) in [5, 5.41) is 0. The summed E-state index contributed by atoms with van der Waals surface area (Å²) in [6.07, 6.45) is 0. The van der Waals surface area contributed by atoms with Crippen molar-refractivity contribution in [1.29, 1.82) is 0 Å². The first-order valence-corrected chi connectivity index (χ1v) is 6.45. The highest BCUT2D eigenvalue weighted by molar-refractivity contribution is 5.28. The van der Waals surface area contributed by atoms with Gasteiger partial charge in [0.2, 0.25) is 0 Å². The van der Waals surface area contributed by atoms with Crippen LogP contribution >= 0.6 is 0 Å². The van der Waals surface area contributed by atoms with E-state index in [1.807, 2.05) is 13.0 Å². The van der Waals surface area contributed by atoms with Gasteiger partial charge in [0.15, 0.2) is 11.6 Å². The number of nitrogens with zero attached hydrogens (tertiary/aromatic N) is 2. The molecule has 1 heterocycles. The molecule has 1 aromatic carbocycles. The van der Waals surface area contributed by atoms with Crippen LogP contribution in [0.4, 0.5) is 4.39 Å². The molecule has 1 fully saturated rings. The number of aryl methyl sites for hydroxylation is 1. The third-order valence-electron chi connectivity index (χ3n) is 3.35. The maximum absolute atomic E-state index is 13.5. The first kappa shape index (κ1) is 13.3. The van der Waals surface area contributed by atoms with Crippen LogP contribution < -0.4 is 4.74 Å². The minimum absolute atomic E-state index is 0.270. The normalized spacial score (nSPS) is 17.9. The molecule has 0 aliphatic carbocycles. The van der Waals surface area contributed by atoms with E-state index in [1.54, 1.807) is 6.07 Å². The SMILES string of the molecule is Cc1ccc(OCCN2CCN(C)CC2)c(F)c1. The summed E-state index contributed by atoms with van der Waals surface area (Å²) in [4.78, 5) is 4.67. The number of hydrogen-bond donors (Lipinski definition) is 0. The van der Waals surface area contributed by atoms with Crippen LogP contribution in [-0.4, -0.2) is 56.2 Å². The Hall–Kier alpha value is -1.13. The number of halogens is 1. The first-order valence-electron chi connectivity index (χ1n) is 6.45. The smallest absolute Gasteiger partial charge is 0.165 e. The van der Waals surface area contributed by atoms with Crippen molar-refractivity contribution >= 4 is 0 Å². The van der Waals surface area contributed by atoms with Crippen molar-refractivity contribution in [2.75, 3.05) is 46.4 Å². The average Bonchev–Trinajstić information content (AvgIpc) is 2.34. The quantitative estimate of drug-likeness (QED) is 0.812. The highest BCUT2D eigenvalue weighted by Crippen LogP contribution is 2.17. The molecule has 1 aliphatic heterocycles.